The van der Waals surface area contributed by atoms with Gasteiger partial charge in [0.1, 0.15) is 0 Å². The van der Waals surface area contributed by atoms with Crippen LogP contribution in [0.25, 0.3) is 0 Å². The number of hydrogen-bond acceptors (Lipinski definition) is 4. The molecule has 0 aromatic heterocycles. The number of rotatable bonds is 6. The Labute approximate surface area is 178 Å². The number of carbonyl (C=O) groups excluding carboxylic acids is 1. The lowest BCUT2D eigenvalue weighted by atomic mass is 10.2. The number of nitrogens with zero attached hydrogens (tertiary/aromatic N) is 1. The van der Waals surface area contributed by atoms with Crippen molar-refractivity contribution in [3.8, 4) is 12.3 Å². The second-order valence-electron chi connectivity index (χ2n) is 7.43. The summed E-state index contributed by atoms with van der Waals surface area (Å²) in [5.41, 5.74) is 2.59. The van der Waals surface area contributed by atoms with Crippen LogP contribution in [0.3, 0.4) is 0 Å². The molecule has 0 radical (unpaired) electrons. The molecule has 158 valence electrons. The van der Waals surface area contributed by atoms with Gasteiger partial charge in [0.05, 0.1) is 11.4 Å². The maximum atomic E-state index is 13.2. The molecule has 0 saturated carbocycles. The van der Waals surface area contributed by atoms with E-state index in [4.69, 9.17) is 6.42 Å². The fourth-order valence-corrected chi connectivity index (χ4v) is 5.25. The zero-order valence-electron chi connectivity index (χ0n) is 17.1. The molecule has 6 nitrogen and oxygen atoms in total. The van der Waals surface area contributed by atoms with Gasteiger partial charge < -0.3 is 10.6 Å². The third-order valence-corrected chi connectivity index (χ3v) is 7.18. The zero-order valence-corrected chi connectivity index (χ0v) is 18.0. The van der Waals surface area contributed by atoms with E-state index in [-0.39, 0.29) is 17.3 Å². The van der Waals surface area contributed by atoms with Crippen molar-refractivity contribution in [2.24, 2.45) is 0 Å². The molecule has 0 aliphatic carbocycles. The van der Waals surface area contributed by atoms with Crippen LogP contribution in [0.4, 0.5) is 11.4 Å². The Morgan fingerprint density at radius 2 is 1.80 bits per heavy atom. The van der Waals surface area contributed by atoms with Gasteiger partial charge in [0.15, 0.2) is 0 Å². The first kappa shape index (κ1) is 21.9. The second-order valence-corrected chi connectivity index (χ2v) is 9.33. The predicted molar refractivity (Wildman–Crippen MR) is 120 cm³/mol. The number of sulfonamides is 1. The van der Waals surface area contributed by atoms with E-state index in [0.29, 0.717) is 24.3 Å². The Morgan fingerprint density at radius 3 is 2.50 bits per heavy atom. The van der Waals surface area contributed by atoms with Crippen molar-refractivity contribution in [3.63, 3.8) is 0 Å². The number of anilines is 2. The summed E-state index contributed by atoms with van der Waals surface area (Å²) < 4.78 is 27.9. The van der Waals surface area contributed by atoms with Crippen molar-refractivity contribution in [2.75, 3.05) is 30.3 Å². The molecule has 1 aliphatic rings. The van der Waals surface area contributed by atoms with Crippen molar-refractivity contribution in [3.05, 3.63) is 53.6 Å². The second kappa shape index (κ2) is 9.79. The molecule has 7 heteroatoms. The first-order valence-electron chi connectivity index (χ1n) is 10.1. The molecule has 1 amide bonds. The van der Waals surface area contributed by atoms with E-state index in [0.717, 1.165) is 36.9 Å². The summed E-state index contributed by atoms with van der Waals surface area (Å²) in [6.45, 7) is 2.89. The summed E-state index contributed by atoms with van der Waals surface area (Å²) in [5.74, 6) is 2.27. The molecule has 2 aromatic carbocycles. The zero-order chi connectivity index (χ0) is 21.6. The predicted octanol–water partition coefficient (Wildman–Crippen LogP) is 3.59. The molecule has 0 atom stereocenters. The summed E-state index contributed by atoms with van der Waals surface area (Å²) in [4.78, 5) is 12.6. The lowest BCUT2D eigenvalue weighted by Crippen LogP contribution is -2.32. The Balaban J connectivity index is 1.69. The summed E-state index contributed by atoms with van der Waals surface area (Å²) in [7, 11) is -3.59. The maximum Gasteiger partial charge on any atom is 0.243 e. The van der Waals surface area contributed by atoms with E-state index in [2.05, 4.69) is 16.6 Å². The molecule has 0 spiro atoms. The van der Waals surface area contributed by atoms with Gasteiger partial charge in [0.25, 0.3) is 0 Å². The van der Waals surface area contributed by atoms with Gasteiger partial charge in [-0.15, -0.1) is 6.42 Å². The summed E-state index contributed by atoms with van der Waals surface area (Å²) in [6, 6.07) is 12.2. The quantitative estimate of drug-likeness (QED) is 0.694. The Bertz CT molecular complexity index is 1050. The van der Waals surface area contributed by atoms with Gasteiger partial charge in [-0.1, -0.05) is 30.9 Å². The Hall–Kier alpha value is -2.82. The summed E-state index contributed by atoms with van der Waals surface area (Å²) in [5, 5.41) is 5.79. The third kappa shape index (κ3) is 5.41. The largest absolute Gasteiger partial charge is 0.376 e. The Kier molecular flexibility index (Phi) is 7.14. The monoisotopic (exact) mass is 425 g/mol. The lowest BCUT2D eigenvalue weighted by Gasteiger charge is -2.21. The van der Waals surface area contributed by atoms with E-state index < -0.39 is 10.0 Å². The van der Waals surface area contributed by atoms with E-state index in [1.807, 2.05) is 18.2 Å². The van der Waals surface area contributed by atoms with E-state index in [9.17, 15) is 13.2 Å². The fourth-order valence-electron chi connectivity index (χ4n) is 3.48. The number of nitrogens with one attached hydrogen (secondary N) is 2. The molecule has 2 aromatic rings. The van der Waals surface area contributed by atoms with Gasteiger partial charge in [0.2, 0.25) is 15.9 Å². The van der Waals surface area contributed by atoms with Crippen LogP contribution in [0.15, 0.2) is 47.4 Å². The van der Waals surface area contributed by atoms with E-state index in [1.54, 1.807) is 35.5 Å². The van der Waals surface area contributed by atoms with Gasteiger partial charge in [-0.3, -0.25) is 4.79 Å². The van der Waals surface area contributed by atoms with E-state index >= 15 is 0 Å². The third-order valence-electron chi connectivity index (χ3n) is 5.14. The highest BCUT2D eigenvalue weighted by molar-refractivity contribution is 7.89. The van der Waals surface area contributed by atoms with Crippen LogP contribution in [0.1, 0.15) is 36.8 Å². The van der Waals surface area contributed by atoms with Crippen LogP contribution >= 0.6 is 0 Å². The van der Waals surface area contributed by atoms with Gasteiger partial charge >= 0.3 is 0 Å². The van der Waals surface area contributed by atoms with Gasteiger partial charge in [-0.25, -0.2) is 8.42 Å². The normalized spacial score (nSPS) is 15.1. The van der Waals surface area contributed by atoms with Crippen molar-refractivity contribution >= 4 is 27.3 Å². The molecule has 0 unspecified atom stereocenters. The van der Waals surface area contributed by atoms with Crippen molar-refractivity contribution in [1.82, 2.24) is 4.31 Å². The molecule has 1 heterocycles. The summed E-state index contributed by atoms with van der Waals surface area (Å²) >= 11 is 0. The van der Waals surface area contributed by atoms with E-state index in [1.165, 1.54) is 0 Å². The van der Waals surface area contributed by atoms with Crippen LogP contribution in [0.2, 0.25) is 0 Å². The molecule has 1 saturated heterocycles. The topological polar surface area (TPSA) is 78.5 Å². The minimum absolute atomic E-state index is 0.0378. The number of amides is 1. The van der Waals surface area contributed by atoms with Crippen LogP contribution in [0, 0.1) is 19.3 Å². The molecule has 1 fully saturated rings. The van der Waals surface area contributed by atoms with Crippen molar-refractivity contribution in [2.45, 2.75) is 37.5 Å². The molecular weight excluding hydrogens is 398 g/mol. The van der Waals surface area contributed by atoms with Crippen molar-refractivity contribution in [1.29, 1.82) is 0 Å². The highest BCUT2D eigenvalue weighted by atomic mass is 32.2. The number of aryl methyl sites for hydroxylation is 1. The average Bonchev–Trinajstić information content (AvgIpc) is 3.04. The van der Waals surface area contributed by atoms with Gasteiger partial charge in [-0.2, -0.15) is 4.31 Å². The molecule has 0 bridgehead atoms. The number of carbonyl (C=O) groups is 1. The minimum atomic E-state index is -3.59. The Morgan fingerprint density at radius 1 is 1.07 bits per heavy atom. The van der Waals surface area contributed by atoms with Gasteiger partial charge in [-0.05, 0) is 55.7 Å². The van der Waals surface area contributed by atoms with Crippen LogP contribution in [0.5, 0.6) is 0 Å². The molecule has 3 rings (SSSR count). The smallest absolute Gasteiger partial charge is 0.243 e. The molecule has 1 aliphatic heterocycles. The first-order chi connectivity index (χ1) is 14.4. The molecular formula is C23H27N3O3S. The average molecular weight is 426 g/mol. The fraction of sp³-hybridized carbons (Fsp3) is 0.348. The SMILES string of the molecule is C#Cc1cccc(NCC(=O)Nc2ccc(C)c(S(=O)(=O)N3CCCCCC3)c2)c1. The lowest BCUT2D eigenvalue weighted by molar-refractivity contribution is -0.114. The minimum Gasteiger partial charge on any atom is -0.376 e. The number of benzene rings is 2. The number of terminal acetylenes is 1. The van der Waals surface area contributed by atoms with Gasteiger partial charge in [0, 0.05) is 30.0 Å². The molecule has 30 heavy (non-hydrogen) atoms. The standard InChI is InChI=1S/C23H27N3O3S/c1-3-19-9-8-10-20(15-19)24-17-23(27)25-21-12-11-18(2)22(16-21)30(28,29)26-13-6-4-5-7-14-26/h1,8-12,15-16,24H,4-7,13-14,17H2,2H3,(H,25,27). The maximum absolute atomic E-state index is 13.2. The first-order valence-corrected chi connectivity index (χ1v) is 11.6. The van der Waals surface area contributed by atoms with Crippen molar-refractivity contribution < 1.29 is 13.2 Å². The van der Waals surface area contributed by atoms with Crippen LogP contribution < -0.4 is 10.6 Å². The highest BCUT2D eigenvalue weighted by Crippen LogP contribution is 2.25. The van der Waals surface area contributed by atoms with Crippen LogP contribution in [-0.2, 0) is 14.8 Å². The van der Waals surface area contributed by atoms with Crippen LogP contribution in [-0.4, -0.2) is 38.3 Å². The molecule has 2 N–H and O–H groups in total. The summed E-state index contributed by atoms with van der Waals surface area (Å²) in [6.07, 6.45) is 9.25. The number of hydrogen-bond donors (Lipinski definition) is 2. The highest BCUT2D eigenvalue weighted by Gasteiger charge is 2.27.